The summed E-state index contributed by atoms with van der Waals surface area (Å²) in [6.45, 7) is 11.7. The molecule has 13 nitrogen and oxygen atoms in total. The Balaban J connectivity index is 1.61. The Kier molecular flexibility index (Phi) is 28.7. The van der Waals surface area contributed by atoms with Crippen LogP contribution in [0.15, 0.2) is 0 Å². The van der Waals surface area contributed by atoms with Crippen molar-refractivity contribution < 1.29 is 56.9 Å². The summed E-state index contributed by atoms with van der Waals surface area (Å²) in [5.41, 5.74) is 0. The van der Waals surface area contributed by atoms with E-state index in [9.17, 15) is 4.79 Å². The van der Waals surface area contributed by atoms with Gasteiger partial charge in [0.2, 0.25) is 0 Å². The Morgan fingerprint density at radius 3 is 1.12 bits per heavy atom. The summed E-state index contributed by atoms with van der Waals surface area (Å²) < 4.78 is 59.2. The Hall–Kier alpha value is -0.970. The van der Waals surface area contributed by atoms with Crippen molar-refractivity contribution in [2.24, 2.45) is 0 Å². The van der Waals surface area contributed by atoms with Gasteiger partial charge in [0, 0.05) is 0 Å². The normalized spacial score (nSPS) is 14.1. The predicted molar refractivity (Wildman–Crippen MR) is 146 cm³/mol. The molecule has 0 radical (unpaired) electrons. The lowest BCUT2D eigenvalue weighted by atomic mass is 10.1. The zero-order chi connectivity index (χ0) is 28.6. The Bertz CT molecular complexity index is 526. The van der Waals surface area contributed by atoms with E-state index in [1.54, 1.807) is 0 Å². The number of ether oxygens (including phenoxy) is 11. The molecule has 0 bridgehead atoms. The minimum atomic E-state index is -0.283. The van der Waals surface area contributed by atoms with Crippen LogP contribution in [0.2, 0.25) is 0 Å². The van der Waals surface area contributed by atoms with Gasteiger partial charge in [0.1, 0.15) is 0 Å². The van der Waals surface area contributed by atoms with Gasteiger partial charge in [0.25, 0.3) is 0 Å². The molecule has 238 valence electrons. The predicted octanol–water partition coefficient (Wildman–Crippen LogP) is 0.468. The number of piperidine rings is 1. The summed E-state index contributed by atoms with van der Waals surface area (Å²) >= 11 is 0. The molecule has 0 aliphatic carbocycles. The quantitative estimate of drug-likeness (QED) is 0.0897. The highest BCUT2D eigenvalue weighted by atomic mass is 16.6. The minimum Gasteiger partial charge on any atom is -0.469 e. The van der Waals surface area contributed by atoms with Gasteiger partial charge in [-0.15, -0.1) is 0 Å². The van der Waals surface area contributed by atoms with Crippen molar-refractivity contribution in [3.63, 3.8) is 0 Å². The van der Waals surface area contributed by atoms with Gasteiger partial charge in [-0.3, -0.25) is 4.79 Å². The molecule has 1 heterocycles. The van der Waals surface area contributed by atoms with Gasteiger partial charge >= 0.3 is 5.97 Å². The third-order valence-electron chi connectivity index (χ3n) is 5.52. The molecular formula is C27H53NO12. The van der Waals surface area contributed by atoms with Crippen LogP contribution < -0.4 is 5.32 Å². The van der Waals surface area contributed by atoms with Gasteiger partial charge in [0.05, 0.1) is 145 Å². The van der Waals surface area contributed by atoms with Gasteiger partial charge in [-0.1, -0.05) is 0 Å². The molecule has 0 unspecified atom stereocenters. The van der Waals surface area contributed by atoms with E-state index in [0.29, 0.717) is 132 Å². The van der Waals surface area contributed by atoms with Crippen LogP contribution in [0, 0.1) is 0 Å². The molecule has 0 aromatic heterocycles. The van der Waals surface area contributed by atoms with Crippen LogP contribution in [0.4, 0.5) is 0 Å². The maximum absolute atomic E-state index is 10.9. The van der Waals surface area contributed by atoms with Crippen LogP contribution in [-0.4, -0.2) is 158 Å². The van der Waals surface area contributed by atoms with E-state index in [2.05, 4.69) is 10.1 Å². The summed E-state index contributed by atoms with van der Waals surface area (Å²) in [6.07, 6.45) is 2.78. The molecule has 1 rings (SSSR count). The summed E-state index contributed by atoms with van der Waals surface area (Å²) in [7, 11) is 1.35. The molecule has 1 N–H and O–H groups in total. The lowest BCUT2D eigenvalue weighted by Crippen LogP contribution is -2.33. The average molecular weight is 584 g/mol. The van der Waals surface area contributed by atoms with Crippen molar-refractivity contribution in [1.82, 2.24) is 5.32 Å². The second-order valence-electron chi connectivity index (χ2n) is 8.66. The average Bonchev–Trinajstić information content (AvgIpc) is 2.98. The zero-order valence-electron chi connectivity index (χ0n) is 24.4. The molecule has 0 aromatic carbocycles. The van der Waals surface area contributed by atoms with Crippen LogP contribution in [-0.2, 0) is 56.9 Å². The highest BCUT2D eigenvalue weighted by Gasteiger charge is 2.12. The number of methoxy groups -OCH3 is 1. The lowest BCUT2D eigenvalue weighted by molar-refractivity contribution is -0.141. The smallest absolute Gasteiger partial charge is 0.307 e. The fraction of sp³-hybridized carbons (Fsp3) is 0.963. The number of carbonyl (C=O) groups excluding carboxylic acids is 1. The maximum Gasteiger partial charge on any atom is 0.307 e. The Labute approximate surface area is 239 Å². The number of hydrogen-bond acceptors (Lipinski definition) is 13. The fourth-order valence-corrected chi connectivity index (χ4v) is 3.35. The topological polar surface area (TPSA) is 131 Å². The molecular weight excluding hydrogens is 530 g/mol. The van der Waals surface area contributed by atoms with Crippen molar-refractivity contribution in [3.8, 4) is 0 Å². The van der Waals surface area contributed by atoms with E-state index < -0.39 is 0 Å². The van der Waals surface area contributed by atoms with E-state index in [1.165, 1.54) is 7.11 Å². The lowest BCUT2D eigenvalue weighted by Gasteiger charge is -2.22. The SMILES string of the molecule is COC(=O)CCOCCOCCOCCOCCOCCOCCOCCOCCOCCOC1CCNCC1. The Morgan fingerprint density at radius 2 is 0.800 bits per heavy atom. The molecule has 1 fully saturated rings. The summed E-state index contributed by atoms with van der Waals surface area (Å²) in [5.74, 6) is -0.283. The molecule has 0 amide bonds. The third kappa shape index (κ3) is 27.2. The van der Waals surface area contributed by atoms with Crippen molar-refractivity contribution in [2.45, 2.75) is 25.4 Å². The molecule has 1 aliphatic rings. The third-order valence-corrected chi connectivity index (χ3v) is 5.52. The first-order valence-corrected chi connectivity index (χ1v) is 14.4. The molecule has 0 saturated carbocycles. The van der Waals surface area contributed by atoms with Crippen LogP contribution in [0.1, 0.15) is 19.3 Å². The van der Waals surface area contributed by atoms with Gasteiger partial charge in [-0.05, 0) is 25.9 Å². The number of hydrogen-bond donors (Lipinski definition) is 1. The van der Waals surface area contributed by atoms with Crippen molar-refractivity contribution in [2.75, 3.05) is 146 Å². The van der Waals surface area contributed by atoms with Crippen molar-refractivity contribution >= 4 is 5.97 Å². The fourth-order valence-electron chi connectivity index (χ4n) is 3.35. The number of carbonyl (C=O) groups is 1. The second-order valence-corrected chi connectivity index (χ2v) is 8.66. The molecule has 0 spiro atoms. The largest absolute Gasteiger partial charge is 0.469 e. The Morgan fingerprint density at radius 1 is 0.500 bits per heavy atom. The summed E-state index contributed by atoms with van der Waals surface area (Å²) in [5, 5.41) is 3.32. The first-order chi connectivity index (χ1) is 19.8. The van der Waals surface area contributed by atoms with Crippen molar-refractivity contribution in [1.29, 1.82) is 0 Å². The van der Waals surface area contributed by atoms with Crippen LogP contribution >= 0.6 is 0 Å². The molecule has 0 aromatic rings. The second kappa shape index (κ2) is 31.0. The summed E-state index contributed by atoms with van der Waals surface area (Å²) in [4.78, 5) is 10.9. The maximum atomic E-state index is 10.9. The standard InChI is InChI=1S/C27H53NO12/c1-30-27(29)4-7-31-8-9-32-10-11-33-12-13-34-14-15-35-16-17-36-18-19-37-20-21-38-22-23-39-24-25-40-26-2-5-28-6-3-26/h26,28H,2-25H2,1H3. The van der Waals surface area contributed by atoms with Gasteiger partial charge in [-0.25, -0.2) is 0 Å². The number of nitrogens with one attached hydrogen (secondary N) is 1. The number of rotatable bonds is 31. The van der Waals surface area contributed by atoms with E-state index in [-0.39, 0.29) is 12.4 Å². The minimum absolute atomic E-state index is 0.249. The van der Waals surface area contributed by atoms with Gasteiger partial charge in [0.15, 0.2) is 0 Å². The number of esters is 1. The highest BCUT2D eigenvalue weighted by Crippen LogP contribution is 2.06. The van der Waals surface area contributed by atoms with Crippen molar-refractivity contribution in [3.05, 3.63) is 0 Å². The van der Waals surface area contributed by atoms with E-state index in [0.717, 1.165) is 25.9 Å². The van der Waals surface area contributed by atoms with Crippen LogP contribution in [0.5, 0.6) is 0 Å². The molecule has 40 heavy (non-hydrogen) atoms. The molecule has 1 aliphatic heterocycles. The van der Waals surface area contributed by atoms with Crippen LogP contribution in [0.25, 0.3) is 0 Å². The van der Waals surface area contributed by atoms with E-state index >= 15 is 0 Å². The molecule has 1 saturated heterocycles. The first kappa shape index (κ1) is 37.1. The first-order valence-electron chi connectivity index (χ1n) is 14.4. The highest BCUT2D eigenvalue weighted by molar-refractivity contribution is 5.69. The zero-order valence-corrected chi connectivity index (χ0v) is 24.4. The summed E-state index contributed by atoms with van der Waals surface area (Å²) in [6, 6.07) is 0. The van der Waals surface area contributed by atoms with E-state index in [1.807, 2.05) is 0 Å². The molecule has 0 atom stereocenters. The van der Waals surface area contributed by atoms with Gasteiger partial charge < -0.3 is 57.4 Å². The van der Waals surface area contributed by atoms with Crippen LogP contribution in [0.3, 0.4) is 0 Å². The monoisotopic (exact) mass is 583 g/mol. The molecule has 13 heteroatoms. The van der Waals surface area contributed by atoms with Gasteiger partial charge in [-0.2, -0.15) is 0 Å². The van der Waals surface area contributed by atoms with E-state index in [4.69, 9.17) is 47.4 Å².